The van der Waals surface area contributed by atoms with Gasteiger partial charge in [0.2, 0.25) is 0 Å². The lowest BCUT2D eigenvalue weighted by molar-refractivity contribution is -0.115. The van der Waals surface area contributed by atoms with Crippen LogP contribution in [0.2, 0.25) is 0 Å². The topological polar surface area (TPSA) is 88.3 Å². The van der Waals surface area contributed by atoms with E-state index in [1.54, 1.807) is 18.3 Å². The number of carbonyl (C=O) groups excluding carboxylic acids is 2. The van der Waals surface area contributed by atoms with Gasteiger partial charge in [-0.15, -0.1) is 0 Å². The molecule has 8 heteroatoms. The Morgan fingerprint density at radius 2 is 2.09 bits per heavy atom. The molecule has 1 atom stereocenters. The molecule has 2 aliphatic heterocycles. The number of nitrogens with two attached hydrogens (primary N) is 1. The lowest BCUT2D eigenvalue weighted by Gasteiger charge is -2.32. The standard InChI is InChI=1S/C24H21FN4O2S/c25-19-11-15(6-7-21(19)29-8-2-3-16(26)13-29)17-4-1-5-20-18(17)9-14(12-27-20)10-22-23(30)28-24(31)32-22/h1,4-7,9-12,16H,2-3,8,13,26H2,(H,28,30,31)/t16-/m1/s1. The van der Waals surface area contributed by atoms with Crippen LogP contribution in [0.5, 0.6) is 0 Å². The molecule has 2 amide bonds. The highest BCUT2D eigenvalue weighted by molar-refractivity contribution is 8.18. The average Bonchev–Trinajstić information content (AvgIpc) is 3.09. The van der Waals surface area contributed by atoms with E-state index in [0.29, 0.717) is 22.7 Å². The third-order valence-electron chi connectivity index (χ3n) is 5.74. The number of rotatable bonds is 3. The third kappa shape index (κ3) is 3.99. The first-order chi connectivity index (χ1) is 15.5. The maximum Gasteiger partial charge on any atom is 0.290 e. The fourth-order valence-electron chi connectivity index (χ4n) is 4.23. The summed E-state index contributed by atoms with van der Waals surface area (Å²) in [5, 5.41) is 2.69. The first-order valence-electron chi connectivity index (χ1n) is 10.4. The van der Waals surface area contributed by atoms with Crippen LogP contribution in [0.4, 0.5) is 14.9 Å². The van der Waals surface area contributed by atoms with E-state index in [4.69, 9.17) is 5.73 Å². The van der Waals surface area contributed by atoms with Gasteiger partial charge in [-0.3, -0.25) is 19.9 Å². The Morgan fingerprint density at radius 3 is 2.84 bits per heavy atom. The summed E-state index contributed by atoms with van der Waals surface area (Å²) >= 11 is 0.862. The van der Waals surface area contributed by atoms with Crippen LogP contribution in [-0.2, 0) is 4.79 Å². The zero-order chi connectivity index (χ0) is 22.2. The minimum atomic E-state index is -0.413. The Labute approximate surface area is 188 Å². The Kier molecular flexibility index (Phi) is 5.40. The molecule has 2 aliphatic rings. The van der Waals surface area contributed by atoms with Gasteiger partial charge in [-0.05, 0) is 71.6 Å². The van der Waals surface area contributed by atoms with Gasteiger partial charge in [-0.25, -0.2) is 4.39 Å². The SMILES string of the molecule is N[C@@H]1CCCN(c2ccc(-c3cccc4ncc(C=C5SC(=O)NC5=O)cc34)cc2F)C1. The predicted octanol–water partition coefficient (Wildman–Crippen LogP) is 4.29. The van der Waals surface area contributed by atoms with Crippen molar-refractivity contribution in [1.29, 1.82) is 0 Å². The van der Waals surface area contributed by atoms with Crippen LogP contribution >= 0.6 is 11.8 Å². The number of benzene rings is 2. The maximum atomic E-state index is 15.1. The molecule has 3 heterocycles. The molecular weight excluding hydrogens is 427 g/mol. The molecule has 0 saturated carbocycles. The van der Waals surface area contributed by atoms with Gasteiger partial charge < -0.3 is 10.6 Å². The largest absolute Gasteiger partial charge is 0.368 e. The molecule has 6 nitrogen and oxygen atoms in total. The molecule has 0 radical (unpaired) electrons. The summed E-state index contributed by atoms with van der Waals surface area (Å²) in [6.45, 7) is 1.45. The fourth-order valence-corrected chi connectivity index (χ4v) is 4.91. The first-order valence-corrected chi connectivity index (χ1v) is 11.2. The van der Waals surface area contributed by atoms with Crippen molar-refractivity contribution in [2.75, 3.05) is 18.0 Å². The Hall–Kier alpha value is -3.23. The first kappa shape index (κ1) is 20.7. The molecule has 162 valence electrons. The molecule has 3 N–H and O–H groups in total. The van der Waals surface area contributed by atoms with Crippen molar-refractivity contribution in [1.82, 2.24) is 10.3 Å². The Balaban J connectivity index is 1.52. The number of anilines is 1. The molecule has 2 aromatic carbocycles. The number of thioether (sulfide) groups is 1. The van der Waals surface area contributed by atoms with E-state index in [9.17, 15) is 9.59 Å². The van der Waals surface area contributed by atoms with Crippen molar-refractivity contribution in [3.8, 4) is 11.1 Å². The molecule has 2 fully saturated rings. The van der Waals surface area contributed by atoms with Crippen LogP contribution in [-0.4, -0.2) is 35.3 Å². The highest BCUT2D eigenvalue weighted by Crippen LogP contribution is 2.33. The van der Waals surface area contributed by atoms with Gasteiger partial charge in [0, 0.05) is 30.7 Å². The summed E-state index contributed by atoms with van der Waals surface area (Å²) in [7, 11) is 0. The summed E-state index contributed by atoms with van der Waals surface area (Å²) in [6, 6.07) is 12.9. The number of piperidine rings is 1. The van der Waals surface area contributed by atoms with Crippen molar-refractivity contribution >= 4 is 45.6 Å². The van der Waals surface area contributed by atoms with Gasteiger partial charge in [0.05, 0.1) is 16.1 Å². The van der Waals surface area contributed by atoms with Crippen molar-refractivity contribution in [2.45, 2.75) is 18.9 Å². The maximum absolute atomic E-state index is 15.1. The second-order valence-corrected chi connectivity index (χ2v) is 9.02. The van der Waals surface area contributed by atoms with Gasteiger partial charge in [0.25, 0.3) is 11.1 Å². The Morgan fingerprint density at radius 1 is 1.22 bits per heavy atom. The second-order valence-electron chi connectivity index (χ2n) is 8.01. The van der Waals surface area contributed by atoms with Gasteiger partial charge in [0.15, 0.2) is 0 Å². The van der Waals surface area contributed by atoms with Gasteiger partial charge in [-0.2, -0.15) is 0 Å². The van der Waals surface area contributed by atoms with E-state index in [2.05, 4.69) is 10.3 Å². The number of carbonyl (C=O) groups is 2. The lowest BCUT2D eigenvalue weighted by atomic mass is 9.98. The summed E-state index contributed by atoms with van der Waals surface area (Å²) < 4.78 is 15.1. The molecule has 1 aromatic heterocycles. The van der Waals surface area contributed by atoms with E-state index in [1.807, 2.05) is 41.3 Å². The fraction of sp³-hybridized carbons (Fsp3) is 0.208. The van der Waals surface area contributed by atoms with Gasteiger partial charge >= 0.3 is 0 Å². The number of hydrogen-bond donors (Lipinski definition) is 2. The normalized spacial score (nSPS) is 20.2. The zero-order valence-corrected chi connectivity index (χ0v) is 18.0. The number of aromatic nitrogens is 1. The highest BCUT2D eigenvalue weighted by Gasteiger charge is 2.25. The van der Waals surface area contributed by atoms with E-state index in [1.165, 1.54) is 0 Å². The number of halogens is 1. The number of nitrogens with one attached hydrogen (secondary N) is 1. The van der Waals surface area contributed by atoms with E-state index in [0.717, 1.165) is 53.2 Å². The van der Waals surface area contributed by atoms with E-state index >= 15 is 4.39 Å². The number of fused-ring (bicyclic) bond motifs is 1. The second kappa shape index (κ2) is 8.37. The monoisotopic (exact) mass is 448 g/mol. The molecule has 0 aliphatic carbocycles. The van der Waals surface area contributed by atoms with Crippen molar-refractivity contribution in [3.63, 3.8) is 0 Å². The van der Waals surface area contributed by atoms with Gasteiger partial charge in [0.1, 0.15) is 5.82 Å². The molecule has 32 heavy (non-hydrogen) atoms. The summed E-state index contributed by atoms with van der Waals surface area (Å²) in [4.78, 5) is 30.1. The van der Waals surface area contributed by atoms with Crippen LogP contribution in [0, 0.1) is 5.82 Å². The number of hydrogen-bond acceptors (Lipinski definition) is 6. The van der Waals surface area contributed by atoms with Crippen LogP contribution in [0.15, 0.2) is 53.6 Å². The van der Waals surface area contributed by atoms with Crippen molar-refractivity contribution in [2.24, 2.45) is 5.73 Å². The quantitative estimate of drug-likeness (QED) is 0.581. The average molecular weight is 449 g/mol. The number of amides is 2. The van der Waals surface area contributed by atoms with E-state index < -0.39 is 5.91 Å². The molecule has 5 rings (SSSR count). The Bertz CT molecular complexity index is 1280. The zero-order valence-electron chi connectivity index (χ0n) is 17.2. The number of pyridine rings is 1. The third-order valence-corrected chi connectivity index (χ3v) is 6.55. The van der Waals surface area contributed by atoms with Crippen molar-refractivity contribution < 1.29 is 14.0 Å². The molecule has 3 aromatic rings. The van der Waals surface area contributed by atoms with Crippen LogP contribution in [0.25, 0.3) is 28.1 Å². The van der Waals surface area contributed by atoms with Crippen LogP contribution < -0.4 is 16.0 Å². The van der Waals surface area contributed by atoms with Crippen LogP contribution in [0.1, 0.15) is 18.4 Å². The predicted molar refractivity (Wildman–Crippen MR) is 126 cm³/mol. The smallest absolute Gasteiger partial charge is 0.290 e. The van der Waals surface area contributed by atoms with Gasteiger partial charge in [-0.1, -0.05) is 18.2 Å². The highest BCUT2D eigenvalue weighted by atomic mass is 32.2. The lowest BCUT2D eigenvalue weighted by Crippen LogP contribution is -2.43. The molecule has 2 saturated heterocycles. The van der Waals surface area contributed by atoms with E-state index in [-0.39, 0.29) is 17.1 Å². The van der Waals surface area contributed by atoms with Crippen LogP contribution in [0.3, 0.4) is 0 Å². The molecule has 0 unspecified atom stereocenters. The molecule has 0 bridgehead atoms. The molecule has 0 spiro atoms. The summed E-state index contributed by atoms with van der Waals surface area (Å²) in [5.41, 5.74) is 9.67. The minimum Gasteiger partial charge on any atom is -0.368 e. The minimum absolute atomic E-state index is 0.0647. The molecular formula is C24H21FN4O2S. The summed E-state index contributed by atoms with van der Waals surface area (Å²) in [6.07, 6.45) is 5.21. The number of imide groups is 1. The number of nitrogens with zero attached hydrogens (tertiary/aromatic N) is 2. The summed E-state index contributed by atoms with van der Waals surface area (Å²) in [5.74, 6) is -0.694. The van der Waals surface area contributed by atoms with Crippen molar-refractivity contribution in [3.05, 3.63) is 64.9 Å².